The van der Waals surface area contributed by atoms with E-state index < -0.39 is 133 Å². The van der Waals surface area contributed by atoms with Crippen molar-refractivity contribution < 1.29 is 61.9 Å². The van der Waals surface area contributed by atoms with E-state index in [2.05, 4.69) is 35.1 Å². The van der Waals surface area contributed by atoms with Crippen LogP contribution in [-0.2, 0) is 49.3 Å². The van der Waals surface area contributed by atoms with Gasteiger partial charge in [0.1, 0.15) is 35.8 Å². The van der Waals surface area contributed by atoms with Crippen LogP contribution in [0, 0.1) is 40.7 Å². The summed E-state index contributed by atoms with van der Waals surface area (Å²) in [5, 5.41) is 28.9. The summed E-state index contributed by atoms with van der Waals surface area (Å²) in [6.45, 7) is 13.3. The van der Waals surface area contributed by atoms with Crippen LogP contribution in [-0.4, -0.2) is 118 Å². The van der Waals surface area contributed by atoms with Crippen LogP contribution in [0.1, 0.15) is 105 Å². The first-order valence-electron chi connectivity index (χ1n) is 21.9. The van der Waals surface area contributed by atoms with Gasteiger partial charge in [-0.2, -0.15) is 0 Å². The molecule has 0 aromatic heterocycles. The second kappa shape index (κ2) is 20.0. The van der Waals surface area contributed by atoms with Crippen molar-refractivity contribution in [3.63, 3.8) is 0 Å². The average Bonchev–Trinajstić information content (AvgIpc) is 3.83. The molecule has 2 heterocycles. The third-order valence-corrected chi connectivity index (χ3v) is 13.7. The molecule has 0 radical (unpaired) electrons. The second-order valence-corrected chi connectivity index (χ2v) is 19.0. The minimum Gasteiger partial charge on any atom is -0.481 e. The molecule has 0 unspecified atom stereocenters. The van der Waals surface area contributed by atoms with Crippen molar-refractivity contribution in [2.75, 3.05) is 6.54 Å². The number of carbonyl (C=O) groups excluding carboxylic acids is 5. The zero-order valence-corrected chi connectivity index (χ0v) is 37.1. The topological polar surface area (TPSA) is 256 Å². The van der Waals surface area contributed by atoms with Crippen molar-refractivity contribution in [2.24, 2.45) is 34.8 Å². The average molecular weight is 889 g/mol. The molecule has 2 saturated heterocycles. The van der Waals surface area contributed by atoms with Crippen LogP contribution in [0.5, 0.6) is 0 Å². The van der Waals surface area contributed by atoms with Gasteiger partial charge < -0.3 is 51.4 Å². The lowest BCUT2D eigenvalue weighted by molar-refractivity contribution is -0.199. The van der Waals surface area contributed by atoms with Crippen molar-refractivity contribution in [1.29, 1.82) is 0 Å². The summed E-state index contributed by atoms with van der Waals surface area (Å²) in [5.74, 6) is -9.11. The zero-order chi connectivity index (χ0) is 46.7. The number of likely N-dealkylation sites (tertiary alicyclic amines) is 1. The highest BCUT2D eigenvalue weighted by atomic mass is 19.1. The molecule has 17 nitrogen and oxygen atoms in total. The van der Waals surface area contributed by atoms with E-state index in [1.807, 2.05) is 6.92 Å². The van der Waals surface area contributed by atoms with Crippen molar-refractivity contribution in [3.05, 3.63) is 35.4 Å². The Hall–Kier alpha value is -4.69. The summed E-state index contributed by atoms with van der Waals surface area (Å²) < 4.78 is 42.9. The number of halogens is 2. The Labute approximate surface area is 366 Å². The number of nitrogens with zero attached hydrogens (tertiary/aromatic N) is 1. The number of carbonyl (C=O) groups is 7. The molecule has 1 aromatic carbocycles. The van der Waals surface area contributed by atoms with Crippen molar-refractivity contribution >= 4 is 48.6 Å². The van der Waals surface area contributed by atoms with E-state index in [9.17, 15) is 47.4 Å². The van der Waals surface area contributed by atoms with E-state index in [-0.39, 0.29) is 42.4 Å². The molecular weight excluding hydrogens is 825 g/mol. The Morgan fingerprint density at radius 3 is 2.10 bits per heavy atom. The van der Waals surface area contributed by atoms with Gasteiger partial charge >= 0.3 is 19.1 Å². The lowest BCUT2D eigenvalue weighted by Crippen LogP contribution is -2.65. The number of rotatable bonds is 20. The van der Waals surface area contributed by atoms with Crippen molar-refractivity contribution in [1.82, 2.24) is 26.2 Å². The van der Waals surface area contributed by atoms with E-state index in [4.69, 9.17) is 20.1 Å². The Kier molecular flexibility index (Phi) is 15.7. The summed E-state index contributed by atoms with van der Waals surface area (Å²) >= 11 is 0. The highest BCUT2D eigenvalue weighted by molar-refractivity contribution is 6.48. The minimum absolute atomic E-state index is 0.0353. The maximum absolute atomic E-state index is 14.8. The number of amides is 5. The zero-order valence-electron chi connectivity index (χ0n) is 37.1. The molecule has 8 N–H and O–H groups in total. The molecule has 2 bridgehead atoms. The summed E-state index contributed by atoms with van der Waals surface area (Å²) in [6.07, 6.45) is 0.581. The standard InChI is InChI=1S/C43H63BF2N6O11/c1-21(2)35(50-38(58)28(14-16-33(53)54)48-37(57)27(47)20-34(55)56)40(60)51-36(22(3)4)41(61)52-17-9-12-29(52)39(59)49-32(15-13-24-25(45)10-8-11-26(24)46)44-62-31-19-23-18-30(42(23,5)6)43(31,7)63-44/h8,10-11,21-23,27-32,35-36H,9,12-20,47H2,1-7H3,(H,48,57)(H,49,59)(H,50,58)(H,51,60)(H,53,54)(H,55,56)/t23-,27-,28-,29-,30+,31+,32-,35-,36-,43-/m0/s1. The number of carboxylic acids is 2. The summed E-state index contributed by atoms with van der Waals surface area (Å²) in [5.41, 5.74) is 4.92. The number of nitrogens with two attached hydrogens (primary N) is 1. The number of nitrogens with one attached hydrogen (secondary N) is 4. The molecule has 10 atom stereocenters. The summed E-state index contributed by atoms with van der Waals surface area (Å²) in [7, 11) is -0.927. The fourth-order valence-electron chi connectivity index (χ4n) is 9.82. The number of carboxylic acid groups (broad SMARTS) is 2. The van der Waals surface area contributed by atoms with Gasteiger partial charge in [-0.3, -0.25) is 33.6 Å². The SMILES string of the molecule is CC(C)[C@H](NC(=O)[C@H](CCC(=O)O)NC(=O)[C@@H](N)CC(=O)O)C(=O)N[C@H](C(=O)N1CCC[C@H]1C(=O)N[C@@H](CCc1c(F)cccc1F)B1O[C@@H]2C[C@@H]3C[C@H](C3(C)C)[C@]2(C)O1)C(C)C. The predicted molar refractivity (Wildman–Crippen MR) is 224 cm³/mol. The maximum Gasteiger partial charge on any atom is 0.481 e. The van der Waals surface area contributed by atoms with E-state index >= 15 is 0 Å². The van der Waals surface area contributed by atoms with E-state index in [1.165, 1.54) is 23.1 Å². The van der Waals surface area contributed by atoms with Gasteiger partial charge in [-0.25, -0.2) is 8.78 Å². The molecule has 6 rings (SSSR count). The Morgan fingerprint density at radius 2 is 1.51 bits per heavy atom. The van der Waals surface area contributed by atoms with Crippen molar-refractivity contribution in [3.8, 4) is 0 Å². The smallest absolute Gasteiger partial charge is 0.481 e. The number of benzene rings is 1. The van der Waals surface area contributed by atoms with Gasteiger partial charge in [0.25, 0.3) is 0 Å². The normalized spacial score (nSPS) is 25.8. The molecule has 5 aliphatic rings. The van der Waals surface area contributed by atoms with E-state index in [0.29, 0.717) is 18.8 Å². The van der Waals surface area contributed by atoms with Gasteiger partial charge in [-0.15, -0.1) is 0 Å². The molecule has 0 spiro atoms. The molecule has 2 aliphatic heterocycles. The third kappa shape index (κ3) is 11.0. The van der Waals surface area contributed by atoms with Gasteiger partial charge in [0.05, 0.1) is 30.1 Å². The van der Waals surface area contributed by atoms with Gasteiger partial charge in [0, 0.05) is 18.5 Å². The van der Waals surface area contributed by atoms with Gasteiger partial charge in [-0.05, 0) is 93.1 Å². The van der Waals surface area contributed by atoms with Gasteiger partial charge in [0.2, 0.25) is 29.5 Å². The van der Waals surface area contributed by atoms with Crippen LogP contribution in [0.25, 0.3) is 0 Å². The van der Waals surface area contributed by atoms with Crippen LogP contribution >= 0.6 is 0 Å². The number of hydrogen-bond acceptors (Lipinski definition) is 10. The number of aliphatic carboxylic acids is 2. The number of hydrogen-bond donors (Lipinski definition) is 7. The molecule has 1 aromatic rings. The fraction of sp³-hybridized carbons (Fsp3) is 0.698. The first-order valence-corrected chi connectivity index (χ1v) is 21.9. The van der Waals surface area contributed by atoms with Crippen LogP contribution in [0.4, 0.5) is 8.78 Å². The van der Waals surface area contributed by atoms with Gasteiger partial charge in [0.15, 0.2) is 0 Å². The van der Waals surface area contributed by atoms with Crippen LogP contribution in [0.15, 0.2) is 18.2 Å². The quantitative estimate of drug-likeness (QED) is 0.0930. The summed E-state index contributed by atoms with van der Waals surface area (Å²) in [6, 6.07) is -2.83. The lowest BCUT2D eigenvalue weighted by atomic mass is 9.43. The van der Waals surface area contributed by atoms with E-state index in [1.54, 1.807) is 27.7 Å². The first-order chi connectivity index (χ1) is 29.5. The van der Waals surface area contributed by atoms with Crippen molar-refractivity contribution in [2.45, 2.75) is 154 Å². The molecule has 348 valence electrons. The van der Waals surface area contributed by atoms with Crippen LogP contribution in [0.3, 0.4) is 0 Å². The molecule has 5 fully saturated rings. The molecule has 63 heavy (non-hydrogen) atoms. The molecular formula is C43H63BF2N6O11. The predicted octanol–water partition coefficient (Wildman–Crippen LogP) is 2.07. The van der Waals surface area contributed by atoms with Crippen LogP contribution < -0.4 is 27.0 Å². The Balaban J connectivity index is 1.30. The van der Waals surface area contributed by atoms with Crippen LogP contribution in [0.2, 0.25) is 0 Å². The molecule has 20 heteroatoms. The largest absolute Gasteiger partial charge is 0.481 e. The highest BCUT2D eigenvalue weighted by Gasteiger charge is 2.68. The molecule has 5 amide bonds. The molecule has 3 aliphatic carbocycles. The Bertz CT molecular complexity index is 1900. The fourth-order valence-corrected chi connectivity index (χ4v) is 9.82. The highest BCUT2D eigenvalue weighted by Crippen LogP contribution is 2.65. The third-order valence-electron chi connectivity index (χ3n) is 13.7. The lowest BCUT2D eigenvalue weighted by Gasteiger charge is -2.64. The minimum atomic E-state index is -1.54. The monoisotopic (exact) mass is 888 g/mol. The summed E-state index contributed by atoms with van der Waals surface area (Å²) in [4.78, 5) is 92.5. The van der Waals surface area contributed by atoms with E-state index in [0.717, 1.165) is 12.8 Å². The second-order valence-electron chi connectivity index (χ2n) is 19.0. The first kappa shape index (κ1) is 49.3. The maximum atomic E-state index is 14.8. The van der Waals surface area contributed by atoms with Gasteiger partial charge in [-0.1, -0.05) is 47.6 Å². The Morgan fingerprint density at radius 1 is 0.873 bits per heavy atom. The molecule has 3 saturated carbocycles.